The summed E-state index contributed by atoms with van der Waals surface area (Å²) in [6.07, 6.45) is 1.38. The minimum absolute atomic E-state index is 0.00463. The molecule has 0 unspecified atom stereocenters. The molecule has 1 amide bonds. The van der Waals surface area contributed by atoms with Gasteiger partial charge >= 0.3 is 6.09 Å². The van der Waals surface area contributed by atoms with Crippen molar-refractivity contribution < 1.29 is 19.0 Å². The van der Waals surface area contributed by atoms with E-state index in [1.807, 2.05) is 18.2 Å². The van der Waals surface area contributed by atoms with Gasteiger partial charge in [-0.1, -0.05) is 11.6 Å². The second kappa shape index (κ2) is 8.74. The number of carbonyl (C=O) groups is 1. The molecule has 1 aromatic carbocycles. The largest absolute Gasteiger partial charge is 0.496 e. The van der Waals surface area contributed by atoms with Crippen molar-refractivity contribution >= 4 is 17.7 Å². The van der Waals surface area contributed by atoms with Crippen LogP contribution in [0.25, 0.3) is 0 Å². The Balaban J connectivity index is 1.48. The maximum Gasteiger partial charge on any atom is 0.410 e. The van der Waals surface area contributed by atoms with E-state index in [0.29, 0.717) is 31.3 Å². The van der Waals surface area contributed by atoms with Gasteiger partial charge in [0, 0.05) is 56.2 Å². The maximum atomic E-state index is 12.3. The van der Waals surface area contributed by atoms with Crippen LogP contribution in [0.3, 0.4) is 0 Å². The van der Waals surface area contributed by atoms with Gasteiger partial charge < -0.3 is 19.1 Å². The van der Waals surface area contributed by atoms with Crippen molar-refractivity contribution in [3.63, 3.8) is 0 Å². The molecule has 2 heterocycles. The van der Waals surface area contributed by atoms with E-state index in [-0.39, 0.29) is 12.2 Å². The molecule has 0 radical (unpaired) electrons. The van der Waals surface area contributed by atoms with Crippen molar-refractivity contribution in [3.8, 4) is 5.75 Å². The molecule has 2 aliphatic heterocycles. The Morgan fingerprint density at radius 2 is 1.96 bits per heavy atom. The number of carbonyl (C=O) groups excluding carboxylic acids is 1. The van der Waals surface area contributed by atoms with Gasteiger partial charge in [-0.2, -0.15) is 0 Å². The molecule has 6 nitrogen and oxygen atoms in total. The van der Waals surface area contributed by atoms with Gasteiger partial charge in [0.15, 0.2) is 0 Å². The van der Waals surface area contributed by atoms with Crippen LogP contribution >= 0.6 is 11.6 Å². The SMILES string of the molecule is COc1ccc(Cl)cc1CN1CCN(C(=O)OC2CCOCC2)CC1. The monoisotopic (exact) mass is 368 g/mol. The lowest BCUT2D eigenvalue weighted by molar-refractivity contribution is -0.0147. The number of hydrogen-bond donors (Lipinski definition) is 0. The summed E-state index contributed by atoms with van der Waals surface area (Å²) in [5.74, 6) is 0.839. The highest BCUT2D eigenvalue weighted by atomic mass is 35.5. The molecule has 2 aliphatic rings. The van der Waals surface area contributed by atoms with Crippen LogP contribution in [0.15, 0.2) is 18.2 Å². The first-order valence-electron chi connectivity index (χ1n) is 8.74. The summed E-state index contributed by atoms with van der Waals surface area (Å²) in [5, 5.41) is 0.703. The molecule has 0 atom stereocenters. The average molecular weight is 369 g/mol. The number of halogens is 1. The topological polar surface area (TPSA) is 51.2 Å². The molecule has 2 fully saturated rings. The van der Waals surface area contributed by atoms with E-state index < -0.39 is 0 Å². The highest BCUT2D eigenvalue weighted by molar-refractivity contribution is 6.30. The van der Waals surface area contributed by atoms with Gasteiger partial charge in [0.05, 0.1) is 20.3 Å². The van der Waals surface area contributed by atoms with Crippen molar-refractivity contribution in [1.82, 2.24) is 9.80 Å². The van der Waals surface area contributed by atoms with Crippen LogP contribution in [0.5, 0.6) is 5.75 Å². The standard InChI is InChI=1S/C18H25ClN2O4/c1-23-17-3-2-15(19)12-14(17)13-20-6-8-21(9-7-20)18(22)25-16-4-10-24-11-5-16/h2-3,12,16H,4-11,13H2,1H3. The van der Waals surface area contributed by atoms with Crippen LogP contribution in [0, 0.1) is 0 Å². The molecule has 0 aliphatic carbocycles. The highest BCUT2D eigenvalue weighted by Crippen LogP contribution is 2.24. The average Bonchev–Trinajstić information content (AvgIpc) is 2.63. The number of piperazine rings is 1. The zero-order chi connectivity index (χ0) is 17.6. The van der Waals surface area contributed by atoms with E-state index >= 15 is 0 Å². The summed E-state index contributed by atoms with van der Waals surface area (Å²) >= 11 is 6.10. The predicted molar refractivity (Wildman–Crippen MR) is 95.2 cm³/mol. The number of methoxy groups -OCH3 is 1. The van der Waals surface area contributed by atoms with Crippen LogP contribution in [0.4, 0.5) is 4.79 Å². The van der Waals surface area contributed by atoms with E-state index in [0.717, 1.165) is 43.8 Å². The number of amides is 1. The lowest BCUT2D eigenvalue weighted by Gasteiger charge is -2.35. The second-order valence-corrected chi connectivity index (χ2v) is 6.85. The van der Waals surface area contributed by atoms with Gasteiger partial charge in [-0.25, -0.2) is 4.79 Å². The molecule has 7 heteroatoms. The van der Waals surface area contributed by atoms with Crippen molar-refractivity contribution in [3.05, 3.63) is 28.8 Å². The van der Waals surface area contributed by atoms with Gasteiger partial charge in [0.25, 0.3) is 0 Å². The summed E-state index contributed by atoms with van der Waals surface area (Å²) in [5.41, 5.74) is 1.06. The van der Waals surface area contributed by atoms with Crippen molar-refractivity contribution in [2.24, 2.45) is 0 Å². The first kappa shape index (κ1) is 18.3. The number of benzene rings is 1. The fourth-order valence-corrected chi connectivity index (χ4v) is 3.41. The summed E-state index contributed by atoms with van der Waals surface area (Å²) in [7, 11) is 1.66. The molecule has 0 N–H and O–H groups in total. The van der Waals surface area contributed by atoms with Crippen LogP contribution in [0.2, 0.25) is 5.02 Å². The van der Waals surface area contributed by atoms with Crippen molar-refractivity contribution in [2.45, 2.75) is 25.5 Å². The lowest BCUT2D eigenvalue weighted by atomic mass is 10.1. The third-order valence-electron chi connectivity index (χ3n) is 4.70. The molecule has 0 bridgehead atoms. The van der Waals surface area contributed by atoms with Crippen LogP contribution < -0.4 is 4.74 Å². The highest BCUT2D eigenvalue weighted by Gasteiger charge is 2.26. The molecular formula is C18H25ClN2O4. The van der Waals surface area contributed by atoms with E-state index in [1.54, 1.807) is 12.0 Å². The van der Waals surface area contributed by atoms with E-state index in [1.165, 1.54) is 0 Å². The van der Waals surface area contributed by atoms with Gasteiger partial charge in [-0.3, -0.25) is 4.90 Å². The molecule has 3 rings (SSSR count). The molecule has 1 aromatic rings. The molecular weight excluding hydrogens is 344 g/mol. The first-order chi connectivity index (χ1) is 12.2. The maximum absolute atomic E-state index is 12.3. The van der Waals surface area contributed by atoms with Gasteiger partial charge in [0.1, 0.15) is 11.9 Å². The third kappa shape index (κ3) is 5.00. The number of hydrogen-bond acceptors (Lipinski definition) is 5. The van der Waals surface area contributed by atoms with Crippen molar-refractivity contribution in [1.29, 1.82) is 0 Å². The molecule has 0 saturated carbocycles. The smallest absolute Gasteiger partial charge is 0.410 e. The van der Waals surface area contributed by atoms with Gasteiger partial charge in [-0.05, 0) is 18.2 Å². The molecule has 2 saturated heterocycles. The Hall–Kier alpha value is -1.50. The summed E-state index contributed by atoms with van der Waals surface area (Å²) in [4.78, 5) is 16.4. The molecule has 138 valence electrons. The zero-order valence-corrected chi connectivity index (χ0v) is 15.3. The first-order valence-corrected chi connectivity index (χ1v) is 9.11. The number of rotatable bonds is 4. The van der Waals surface area contributed by atoms with Crippen molar-refractivity contribution in [2.75, 3.05) is 46.5 Å². The minimum atomic E-state index is -0.202. The van der Waals surface area contributed by atoms with Crippen LogP contribution in [0.1, 0.15) is 18.4 Å². The number of ether oxygens (including phenoxy) is 3. The Morgan fingerprint density at radius 3 is 2.64 bits per heavy atom. The van der Waals surface area contributed by atoms with E-state index in [4.69, 9.17) is 25.8 Å². The van der Waals surface area contributed by atoms with Crippen LogP contribution in [-0.2, 0) is 16.0 Å². The quantitative estimate of drug-likeness (QED) is 0.818. The Kier molecular flexibility index (Phi) is 6.39. The lowest BCUT2D eigenvalue weighted by Crippen LogP contribution is -2.49. The Bertz CT molecular complexity index is 584. The predicted octanol–water partition coefficient (Wildman–Crippen LogP) is 2.78. The number of nitrogens with zero attached hydrogens (tertiary/aromatic N) is 2. The van der Waals surface area contributed by atoms with Gasteiger partial charge in [-0.15, -0.1) is 0 Å². The Morgan fingerprint density at radius 1 is 1.24 bits per heavy atom. The molecule has 0 spiro atoms. The van der Waals surface area contributed by atoms with Gasteiger partial charge in [0.2, 0.25) is 0 Å². The third-order valence-corrected chi connectivity index (χ3v) is 4.94. The zero-order valence-electron chi connectivity index (χ0n) is 14.6. The van der Waals surface area contributed by atoms with E-state index in [2.05, 4.69) is 4.90 Å². The minimum Gasteiger partial charge on any atom is -0.496 e. The summed E-state index contributed by atoms with van der Waals surface area (Å²) in [6, 6.07) is 5.65. The Labute approximate surface area is 153 Å². The fourth-order valence-electron chi connectivity index (χ4n) is 3.21. The molecule has 25 heavy (non-hydrogen) atoms. The fraction of sp³-hybridized carbons (Fsp3) is 0.611. The van der Waals surface area contributed by atoms with Crippen LogP contribution in [-0.4, -0.2) is 68.5 Å². The normalized spacial score (nSPS) is 19.7. The van der Waals surface area contributed by atoms with E-state index in [9.17, 15) is 4.79 Å². The second-order valence-electron chi connectivity index (χ2n) is 6.41. The molecule has 0 aromatic heterocycles. The summed E-state index contributed by atoms with van der Waals surface area (Å²) < 4.78 is 16.3. The summed E-state index contributed by atoms with van der Waals surface area (Å²) in [6.45, 7) is 5.06.